The molecule has 0 saturated carbocycles. The van der Waals surface area contributed by atoms with E-state index in [0.717, 1.165) is 0 Å². The first kappa shape index (κ1) is 47.0. The van der Waals surface area contributed by atoms with E-state index in [4.69, 9.17) is 28.3 Å². The van der Waals surface area contributed by atoms with Crippen LogP contribution in [0.4, 0.5) is 11.4 Å². The molecule has 6 N–H and O–H groups in total. The molecule has 8 heterocycles. The Morgan fingerprint density at radius 1 is 0.939 bits per heavy atom. The fourth-order valence-corrected chi connectivity index (χ4v) is 9.96. The van der Waals surface area contributed by atoms with Crippen LogP contribution >= 0.6 is 0 Å². The Morgan fingerprint density at radius 3 is 2.30 bits per heavy atom. The van der Waals surface area contributed by atoms with Crippen LogP contribution in [0.15, 0.2) is 62.3 Å². The zero-order valence-corrected chi connectivity index (χ0v) is 38.7. The Balaban J connectivity index is 1.33. The number of nitrogens with one attached hydrogen (secondary N) is 1. The second-order valence-electron chi connectivity index (χ2n) is 18.7. The molecule has 0 aliphatic carbocycles. The zero-order valence-electron chi connectivity index (χ0n) is 38.7. The largest absolute Gasteiger partial charge is 0.507 e. The summed E-state index contributed by atoms with van der Waals surface area (Å²) in [6.45, 7) is 16.9. The highest BCUT2D eigenvalue weighted by Gasteiger charge is 2.52. The molecule has 17 heteroatoms. The van der Waals surface area contributed by atoms with Gasteiger partial charge in [0.2, 0.25) is 10.9 Å². The third-order valence-electron chi connectivity index (χ3n) is 14.6. The molecule has 0 spiro atoms. The van der Waals surface area contributed by atoms with Crippen LogP contribution in [-0.2, 0) is 19.0 Å². The lowest BCUT2D eigenvalue weighted by Crippen LogP contribution is -2.60. The second kappa shape index (κ2) is 17.6. The number of ether oxygens (including phenoxy) is 4. The van der Waals surface area contributed by atoms with Gasteiger partial charge in [-0.3, -0.25) is 19.3 Å². The lowest BCUT2D eigenvalue weighted by molar-refractivity contribution is -0.251. The van der Waals surface area contributed by atoms with Gasteiger partial charge in [0.25, 0.3) is 5.91 Å². The molecule has 7 bridgehead atoms. The molecule has 66 heavy (non-hydrogen) atoms. The molecule has 0 radical (unpaired) electrons. The fourth-order valence-electron chi connectivity index (χ4n) is 9.96. The maximum absolute atomic E-state index is 14.9. The number of hydrogen-bond acceptors (Lipinski definition) is 16. The summed E-state index contributed by atoms with van der Waals surface area (Å²) in [4.78, 5) is 51.8. The van der Waals surface area contributed by atoms with Crippen LogP contribution in [0.2, 0.25) is 0 Å². The highest BCUT2D eigenvalue weighted by molar-refractivity contribution is 6.16. The Labute approximate surface area is 381 Å². The van der Waals surface area contributed by atoms with Gasteiger partial charge in [0.15, 0.2) is 22.4 Å². The molecule has 17 nitrogen and oxygen atoms in total. The van der Waals surface area contributed by atoms with Crippen molar-refractivity contribution < 1.29 is 53.7 Å². The van der Waals surface area contributed by atoms with Crippen molar-refractivity contribution in [2.75, 3.05) is 56.7 Å². The standard InChI is InChI=1S/C49H60N4O13/c1-23-11-10-13-48(7)28(6)43(65-48)26(4)40(57)25(3)39(56)24(2)31(62-9)12-20-63-49(8)46(60)35-33-34(41(58)27(5)44(35)66-49)42(59)38(51-47(23)61)45-37(33)50-36-30(55)21-29(22-32(36)64-45)53-16-14-52(15-17-53)18-19-54/h10-13,20-22,24-26,28,31,39-40,43,54,56-58,60H,14-19H2,1-9H3,(H,51,61)/b13-10+,20-12+,23-11-/t24-,25+,26+,28-,31+,39-,40+,43-,48+,49+/m1/s1. The van der Waals surface area contributed by atoms with Gasteiger partial charge in [-0.15, -0.1) is 0 Å². The van der Waals surface area contributed by atoms with Crippen molar-refractivity contribution >= 4 is 56.0 Å². The number of piperazine rings is 1. The van der Waals surface area contributed by atoms with Crippen LogP contribution in [0, 0.1) is 30.6 Å². The first-order chi connectivity index (χ1) is 31.2. The molecule has 7 aliphatic heterocycles. The summed E-state index contributed by atoms with van der Waals surface area (Å²) in [5.74, 6) is -5.26. The minimum atomic E-state index is -1.95. The van der Waals surface area contributed by atoms with Crippen molar-refractivity contribution in [2.24, 2.45) is 23.7 Å². The fraction of sp³-hybridized carbons (Fsp3) is 0.510. The quantitative estimate of drug-likeness (QED) is 0.126. The van der Waals surface area contributed by atoms with Gasteiger partial charge >= 0.3 is 5.79 Å². The molecular formula is C49H60N4O13. The van der Waals surface area contributed by atoms with Crippen LogP contribution in [-0.4, -0.2) is 124 Å². The molecule has 0 unspecified atom stereocenters. The monoisotopic (exact) mass is 912 g/mol. The Hall–Kier alpha value is -5.56. The van der Waals surface area contributed by atoms with Gasteiger partial charge in [-0.05, 0) is 26.8 Å². The first-order valence-electron chi connectivity index (χ1n) is 22.5. The number of methoxy groups -OCH3 is 1. The van der Waals surface area contributed by atoms with Gasteiger partial charge in [-0.2, -0.15) is 0 Å². The number of carbonyl (C=O) groups excluding carboxylic acids is 1. The maximum Gasteiger partial charge on any atom is 0.307 e. The van der Waals surface area contributed by atoms with Crippen molar-refractivity contribution in [2.45, 2.75) is 91.2 Å². The molecular weight excluding hydrogens is 853 g/mol. The van der Waals surface area contributed by atoms with Crippen molar-refractivity contribution in [1.29, 1.82) is 0 Å². The zero-order chi connectivity index (χ0) is 47.7. The predicted molar refractivity (Wildman–Crippen MR) is 248 cm³/mol. The number of phenols is 1. The van der Waals surface area contributed by atoms with Gasteiger partial charge in [0, 0.05) is 105 Å². The lowest BCUT2D eigenvalue weighted by Gasteiger charge is -2.54. The Morgan fingerprint density at radius 2 is 1.64 bits per heavy atom. The van der Waals surface area contributed by atoms with E-state index < -0.39 is 69.8 Å². The number of hydrogen-bond donors (Lipinski definition) is 6. The number of anilines is 2. The molecule has 7 aliphatic rings. The van der Waals surface area contributed by atoms with E-state index in [1.54, 1.807) is 45.1 Å². The molecule has 10 atom stereocenters. The van der Waals surface area contributed by atoms with Crippen molar-refractivity contribution in [1.82, 2.24) is 9.88 Å². The van der Waals surface area contributed by atoms with E-state index in [-0.39, 0.29) is 85.3 Å². The van der Waals surface area contributed by atoms with Gasteiger partial charge in [-0.1, -0.05) is 45.9 Å². The molecule has 4 aromatic rings. The number of aliphatic hydroxyl groups is 4. The van der Waals surface area contributed by atoms with Gasteiger partial charge < -0.3 is 59.1 Å². The average Bonchev–Trinajstić information content (AvgIpc) is 3.56. The summed E-state index contributed by atoms with van der Waals surface area (Å²) < 4.78 is 31.0. The number of rotatable bonds is 4. The van der Waals surface area contributed by atoms with Crippen LogP contribution in [0.25, 0.3) is 38.7 Å². The Bertz CT molecular complexity index is 2870. The summed E-state index contributed by atoms with van der Waals surface area (Å²) in [6.07, 6.45) is 4.83. The highest BCUT2D eigenvalue weighted by Crippen LogP contribution is 2.46. The predicted octanol–water partition coefficient (Wildman–Crippen LogP) is 3.90. The SMILES string of the molecule is CO[C@H]1/C=C/O[C@@]2(C)Oc3c(C)c(O)c4c(=O)c(c5oc6cc(N7CCN(CCO)CC7)cc(=O)c6nc5c4c3=C2O)NC(=O)/C(C)=C\C=C\[C@]2(C)O[C@H]([C@@H](C)[C@@H](O)[C@@H](C)[C@H](O)[C@@H]1C)[C@H]2C. The smallest absolute Gasteiger partial charge is 0.307 e. The maximum atomic E-state index is 14.9. The number of nitrogens with zero attached hydrogens (tertiary/aromatic N) is 3. The molecule has 1 aromatic heterocycles. The molecule has 1 amide bonds. The number of carbonyl (C=O) groups is 1. The van der Waals surface area contributed by atoms with Crippen LogP contribution in [0.3, 0.4) is 0 Å². The van der Waals surface area contributed by atoms with Gasteiger partial charge in [-0.25, -0.2) is 4.98 Å². The molecule has 354 valence electrons. The number of phenolic OH excluding ortho intramolecular Hbond substituents is 1. The topological polar surface area (TPSA) is 234 Å². The minimum absolute atomic E-state index is 0.0244. The molecule has 3 aromatic carbocycles. The third-order valence-corrected chi connectivity index (χ3v) is 14.6. The van der Waals surface area contributed by atoms with Crippen LogP contribution in [0.1, 0.15) is 54.0 Å². The van der Waals surface area contributed by atoms with Gasteiger partial charge in [0.1, 0.15) is 22.7 Å². The molecule has 11 rings (SSSR count). The van der Waals surface area contributed by atoms with Crippen LogP contribution in [0.5, 0.6) is 11.5 Å². The first-order valence-corrected chi connectivity index (χ1v) is 22.5. The van der Waals surface area contributed by atoms with E-state index in [1.165, 1.54) is 33.3 Å². The summed E-state index contributed by atoms with van der Waals surface area (Å²) >= 11 is 0. The third kappa shape index (κ3) is 7.78. The average molecular weight is 913 g/mol. The number of β-amino-alcohol motifs (C(OH)–C–C–N with tert-alkyl or cyclic N) is 1. The number of aromatic hydroxyl groups is 1. The number of amides is 1. The highest BCUT2D eigenvalue weighted by atomic mass is 16.7. The summed E-state index contributed by atoms with van der Waals surface area (Å²) in [7, 11) is 1.47. The summed E-state index contributed by atoms with van der Waals surface area (Å²) in [5, 5.41) is 58.8. The van der Waals surface area contributed by atoms with Crippen molar-refractivity contribution in [3.05, 3.63) is 79.5 Å². The Kier molecular flexibility index (Phi) is 12.5. The molecule has 2 fully saturated rings. The normalized spacial score (nSPS) is 33.0. The van der Waals surface area contributed by atoms with Crippen LogP contribution < -0.4 is 31.0 Å². The summed E-state index contributed by atoms with van der Waals surface area (Å²) in [6, 6.07) is 3.09. The van der Waals surface area contributed by atoms with E-state index in [2.05, 4.69) is 10.2 Å². The number of aromatic nitrogens is 1. The van der Waals surface area contributed by atoms with E-state index in [1.807, 2.05) is 31.7 Å². The van der Waals surface area contributed by atoms with E-state index >= 15 is 0 Å². The van der Waals surface area contributed by atoms with Gasteiger partial charge in [0.05, 0.1) is 53.5 Å². The minimum Gasteiger partial charge on any atom is -0.507 e. The number of allylic oxidation sites excluding steroid dienone is 2. The molecule has 2 saturated heterocycles. The lowest BCUT2D eigenvalue weighted by atomic mass is 9.70. The number of aliphatic hydroxyl groups excluding tert-OH is 4. The van der Waals surface area contributed by atoms with E-state index in [0.29, 0.717) is 38.4 Å². The van der Waals surface area contributed by atoms with Crippen molar-refractivity contribution in [3.63, 3.8) is 0 Å². The summed E-state index contributed by atoms with van der Waals surface area (Å²) in [5.41, 5.74) is -2.08. The van der Waals surface area contributed by atoms with Crippen molar-refractivity contribution in [3.8, 4) is 11.5 Å². The van der Waals surface area contributed by atoms with E-state index in [9.17, 15) is 39.9 Å². The number of fused-ring (bicyclic) bond motifs is 1. The number of benzene rings is 3. The second-order valence-corrected chi connectivity index (χ2v) is 18.7.